The fourth-order valence-electron chi connectivity index (χ4n) is 4.76. The number of hydrogen-bond donors (Lipinski definition) is 1. The highest BCUT2D eigenvalue weighted by atomic mass is 32.2. The van der Waals surface area contributed by atoms with Crippen molar-refractivity contribution in [3.63, 3.8) is 0 Å². The highest BCUT2D eigenvalue weighted by Gasteiger charge is 2.40. The van der Waals surface area contributed by atoms with E-state index in [0.29, 0.717) is 38.4 Å². The summed E-state index contributed by atoms with van der Waals surface area (Å²) in [5, 5.41) is 0. The summed E-state index contributed by atoms with van der Waals surface area (Å²) in [5.74, 6) is 0.237. The molecule has 1 aliphatic carbocycles. The zero-order valence-corrected chi connectivity index (χ0v) is 18.4. The van der Waals surface area contributed by atoms with Crippen molar-refractivity contribution in [3.05, 3.63) is 89.9 Å². The largest absolute Gasteiger partial charge is 0.459 e. The monoisotopic (exact) mass is 451 g/mol. The minimum absolute atomic E-state index is 0.0782. The third kappa shape index (κ3) is 3.97. The van der Waals surface area contributed by atoms with Crippen LogP contribution < -0.4 is 4.72 Å². The highest BCUT2D eigenvalue weighted by molar-refractivity contribution is 7.89. The highest BCUT2D eigenvalue weighted by Crippen LogP contribution is 2.37. The van der Waals surface area contributed by atoms with Crippen molar-refractivity contribution in [1.82, 2.24) is 14.5 Å². The van der Waals surface area contributed by atoms with Crippen LogP contribution in [-0.4, -0.2) is 56.3 Å². The molecule has 2 aromatic carbocycles. The number of carbonyl (C=O) groups excluding carboxylic acids is 1. The molecule has 0 bridgehead atoms. The normalized spacial score (nSPS) is 21.4. The van der Waals surface area contributed by atoms with Crippen LogP contribution in [0.15, 0.2) is 82.3 Å². The van der Waals surface area contributed by atoms with Crippen molar-refractivity contribution in [2.75, 3.05) is 26.2 Å². The molecule has 1 amide bonds. The molecule has 5 rings (SSSR count). The van der Waals surface area contributed by atoms with Gasteiger partial charge in [-0.2, -0.15) is 0 Å². The number of rotatable bonds is 5. The van der Waals surface area contributed by atoms with Crippen LogP contribution in [0, 0.1) is 0 Å². The molecule has 0 saturated carbocycles. The number of nitrogens with zero attached hydrogens (tertiary/aromatic N) is 2. The SMILES string of the molecule is O=C(c1ccco1)N1CCN([C@H]2c3ccccc3C[C@H]2NS(=O)(=O)c2ccccc2)CC1. The summed E-state index contributed by atoms with van der Waals surface area (Å²) in [6.45, 7) is 2.46. The molecule has 2 atom stereocenters. The molecule has 0 spiro atoms. The van der Waals surface area contributed by atoms with E-state index in [0.717, 1.165) is 11.1 Å². The van der Waals surface area contributed by atoms with Gasteiger partial charge in [0.15, 0.2) is 5.76 Å². The Bertz CT molecular complexity index is 1190. The van der Waals surface area contributed by atoms with Gasteiger partial charge >= 0.3 is 0 Å². The zero-order chi connectivity index (χ0) is 22.1. The number of furan rings is 1. The average Bonchev–Trinajstić information content (AvgIpc) is 3.47. The summed E-state index contributed by atoms with van der Waals surface area (Å²) >= 11 is 0. The lowest BCUT2D eigenvalue weighted by atomic mass is 10.0. The smallest absolute Gasteiger partial charge is 0.289 e. The number of sulfonamides is 1. The first kappa shape index (κ1) is 20.9. The lowest BCUT2D eigenvalue weighted by molar-refractivity contribution is 0.0518. The summed E-state index contributed by atoms with van der Waals surface area (Å²) < 4.78 is 34.3. The van der Waals surface area contributed by atoms with Crippen molar-refractivity contribution in [2.45, 2.75) is 23.4 Å². The van der Waals surface area contributed by atoms with Gasteiger partial charge in [0, 0.05) is 32.2 Å². The van der Waals surface area contributed by atoms with Crippen LogP contribution in [-0.2, 0) is 16.4 Å². The second-order valence-electron chi connectivity index (χ2n) is 8.19. The summed E-state index contributed by atoms with van der Waals surface area (Å²) in [5.41, 5.74) is 2.31. The van der Waals surface area contributed by atoms with Gasteiger partial charge in [0.05, 0.1) is 17.2 Å². The van der Waals surface area contributed by atoms with Crippen molar-refractivity contribution >= 4 is 15.9 Å². The Morgan fingerprint density at radius 3 is 2.34 bits per heavy atom. The number of nitrogens with one attached hydrogen (secondary N) is 1. The number of hydrogen-bond acceptors (Lipinski definition) is 5. The second-order valence-corrected chi connectivity index (χ2v) is 9.91. The maximum absolute atomic E-state index is 13.0. The summed E-state index contributed by atoms with van der Waals surface area (Å²) in [7, 11) is -3.64. The Morgan fingerprint density at radius 1 is 0.906 bits per heavy atom. The minimum atomic E-state index is -3.64. The van der Waals surface area contributed by atoms with E-state index in [9.17, 15) is 13.2 Å². The Kier molecular flexibility index (Phi) is 5.58. The Balaban J connectivity index is 1.35. The molecule has 2 aliphatic rings. The molecule has 166 valence electrons. The number of fused-ring (bicyclic) bond motifs is 1. The van der Waals surface area contributed by atoms with Crippen molar-refractivity contribution in [1.29, 1.82) is 0 Å². The average molecular weight is 452 g/mol. The molecule has 1 fully saturated rings. The van der Waals surface area contributed by atoms with Gasteiger partial charge in [-0.25, -0.2) is 13.1 Å². The van der Waals surface area contributed by atoms with Gasteiger partial charge in [0.1, 0.15) is 0 Å². The van der Waals surface area contributed by atoms with Crippen LogP contribution in [0.5, 0.6) is 0 Å². The van der Waals surface area contributed by atoms with Crippen LogP contribution in [0.1, 0.15) is 27.7 Å². The number of piperazine rings is 1. The molecule has 1 saturated heterocycles. The van der Waals surface area contributed by atoms with Crippen LogP contribution >= 0.6 is 0 Å². The summed E-state index contributed by atoms with van der Waals surface area (Å²) in [6.07, 6.45) is 2.14. The van der Waals surface area contributed by atoms with Gasteiger partial charge in [-0.3, -0.25) is 9.69 Å². The van der Waals surface area contributed by atoms with E-state index in [2.05, 4.69) is 21.8 Å². The maximum Gasteiger partial charge on any atom is 0.289 e. The molecule has 2 heterocycles. The van der Waals surface area contributed by atoms with Crippen LogP contribution in [0.25, 0.3) is 0 Å². The molecule has 32 heavy (non-hydrogen) atoms. The number of amides is 1. The standard InChI is InChI=1S/C24H25N3O4S/c28-24(22-11-6-16-31-22)27-14-12-26(13-15-27)23-20-10-5-4-7-18(20)17-21(23)25-32(29,30)19-8-2-1-3-9-19/h1-11,16,21,23,25H,12-15,17H2/t21-,23+/m1/s1. The number of carbonyl (C=O) groups is 1. The first-order chi connectivity index (χ1) is 15.5. The van der Waals surface area contributed by atoms with Crippen molar-refractivity contribution in [3.8, 4) is 0 Å². The Hall–Kier alpha value is -2.94. The second kappa shape index (κ2) is 8.54. The van der Waals surface area contributed by atoms with E-state index in [-0.39, 0.29) is 22.9 Å². The third-order valence-electron chi connectivity index (χ3n) is 6.28. The van der Waals surface area contributed by atoms with Crippen molar-refractivity contribution in [2.24, 2.45) is 0 Å². The van der Waals surface area contributed by atoms with Crippen LogP contribution in [0.2, 0.25) is 0 Å². The van der Waals surface area contributed by atoms with E-state index in [4.69, 9.17) is 4.42 Å². The number of benzene rings is 2. The molecule has 3 aromatic rings. The maximum atomic E-state index is 13.0. The molecule has 1 aliphatic heterocycles. The van der Waals surface area contributed by atoms with Crippen LogP contribution in [0.3, 0.4) is 0 Å². The fourth-order valence-corrected chi connectivity index (χ4v) is 6.02. The van der Waals surface area contributed by atoms with Gasteiger partial charge in [-0.05, 0) is 41.8 Å². The predicted molar refractivity (Wildman–Crippen MR) is 120 cm³/mol. The molecule has 1 N–H and O–H groups in total. The summed E-state index contributed by atoms with van der Waals surface area (Å²) in [6, 6.07) is 19.6. The molecule has 7 nitrogen and oxygen atoms in total. The van der Waals surface area contributed by atoms with E-state index < -0.39 is 10.0 Å². The quantitative estimate of drug-likeness (QED) is 0.645. The molecule has 8 heteroatoms. The predicted octanol–water partition coefficient (Wildman–Crippen LogP) is 2.68. The first-order valence-corrected chi connectivity index (χ1v) is 12.2. The molecule has 0 radical (unpaired) electrons. The summed E-state index contributed by atoms with van der Waals surface area (Å²) in [4.78, 5) is 17.0. The van der Waals surface area contributed by atoms with E-state index in [1.165, 1.54) is 6.26 Å². The van der Waals surface area contributed by atoms with E-state index >= 15 is 0 Å². The molecular weight excluding hydrogens is 426 g/mol. The van der Waals surface area contributed by atoms with Crippen molar-refractivity contribution < 1.29 is 17.6 Å². The van der Waals surface area contributed by atoms with Crippen LogP contribution in [0.4, 0.5) is 0 Å². The fraction of sp³-hybridized carbons (Fsp3) is 0.292. The van der Waals surface area contributed by atoms with Gasteiger partial charge in [-0.15, -0.1) is 0 Å². The van der Waals surface area contributed by atoms with Gasteiger partial charge < -0.3 is 9.32 Å². The molecular formula is C24H25N3O4S. The zero-order valence-electron chi connectivity index (χ0n) is 17.6. The first-order valence-electron chi connectivity index (χ1n) is 10.7. The van der Waals surface area contributed by atoms with Gasteiger partial charge in [0.25, 0.3) is 5.91 Å². The van der Waals surface area contributed by atoms with Gasteiger partial charge in [-0.1, -0.05) is 42.5 Å². The minimum Gasteiger partial charge on any atom is -0.459 e. The lowest BCUT2D eigenvalue weighted by Gasteiger charge is -2.40. The third-order valence-corrected chi connectivity index (χ3v) is 7.79. The topological polar surface area (TPSA) is 82.9 Å². The molecule has 1 aromatic heterocycles. The van der Waals surface area contributed by atoms with E-state index in [1.54, 1.807) is 47.4 Å². The lowest BCUT2D eigenvalue weighted by Crippen LogP contribution is -2.53. The Morgan fingerprint density at radius 2 is 1.62 bits per heavy atom. The van der Waals surface area contributed by atoms with Gasteiger partial charge in [0.2, 0.25) is 10.0 Å². The Labute approximate surface area is 187 Å². The molecule has 0 unspecified atom stereocenters. The van der Waals surface area contributed by atoms with E-state index in [1.807, 2.05) is 12.1 Å².